The second-order valence-corrected chi connectivity index (χ2v) is 3.33. The highest BCUT2D eigenvalue weighted by molar-refractivity contribution is 6.04. The standard InChI is InChI=1S/C10H17N3O.C2H6/c1-3-9(11-2)13-10(14)8-4-6-12-7-5-8;1-2/h3,8,12H,1,4-7H2,2H3,(H,11,13,14);1-2H3. The minimum Gasteiger partial charge on any atom is -0.317 e. The van der Waals surface area contributed by atoms with Gasteiger partial charge in [0, 0.05) is 13.0 Å². The van der Waals surface area contributed by atoms with E-state index in [0.717, 1.165) is 25.9 Å². The van der Waals surface area contributed by atoms with Crippen molar-refractivity contribution in [3.05, 3.63) is 12.7 Å². The molecule has 0 aliphatic carbocycles. The number of aliphatic imine (C=N–C) groups is 1. The molecule has 92 valence electrons. The number of amides is 1. The van der Waals surface area contributed by atoms with Gasteiger partial charge in [-0.25, -0.2) is 0 Å². The highest BCUT2D eigenvalue weighted by Crippen LogP contribution is 2.11. The molecule has 1 heterocycles. The topological polar surface area (TPSA) is 53.5 Å². The molecule has 1 amide bonds. The Morgan fingerprint density at radius 1 is 1.44 bits per heavy atom. The number of amidine groups is 1. The van der Waals surface area contributed by atoms with Crippen LogP contribution in [0.2, 0.25) is 0 Å². The van der Waals surface area contributed by atoms with Gasteiger partial charge in [-0.05, 0) is 32.0 Å². The first-order valence-corrected chi connectivity index (χ1v) is 5.88. The van der Waals surface area contributed by atoms with Crippen molar-refractivity contribution in [2.24, 2.45) is 10.9 Å². The van der Waals surface area contributed by atoms with Crippen molar-refractivity contribution in [1.29, 1.82) is 0 Å². The van der Waals surface area contributed by atoms with Crippen molar-refractivity contribution in [2.75, 3.05) is 20.1 Å². The molecule has 0 aromatic rings. The summed E-state index contributed by atoms with van der Waals surface area (Å²) in [4.78, 5) is 15.6. The Kier molecular flexibility index (Phi) is 8.43. The molecule has 1 rings (SSSR count). The molecule has 0 aromatic carbocycles. The number of piperidine rings is 1. The third-order valence-electron chi connectivity index (χ3n) is 2.40. The minimum absolute atomic E-state index is 0.0620. The highest BCUT2D eigenvalue weighted by Gasteiger charge is 2.20. The maximum Gasteiger partial charge on any atom is 0.228 e. The summed E-state index contributed by atoms with van der Waals surface area (Å²) in [6.45, 7) is 9.42. The zero-order valence-electron chi connectivity index (χ0n) is 10.5. The first-order valence-electron chi connectivity index (χ1n) is 5.88. The molecule has 1 aliphatic heterocycles. The Labute approximate surface area is 98.2 Å². The maximum absolute atomic E-state index is 11.7. The monoisotopic (exact) mass is 225 g/mol. The van der Waals surface area contributed by atoms with Crippen molar-refractivity contribution in [3.63, 3.8) is 0 Å². The molecular weight excluding hydrogens is 202 g/mol. The third kappa shape index (κ3) is 5.07. The SMILES string of the molecule is C=CC(=NC)NC(=O)C1CCNCC1.CC. The van der Waals surface area contributed by atoms with E-state index >= 15 is 0 Å². The van der Waals surface area contributed by atoms with Crippen LogP contribution in [0.5, 0.6) is 0 Å². The van der Waals surface area contributed by atoms with Crippen molar-refractivity contribution in [3.8, 4) is 0 Å². The van der Waals surface area contributed by atoms with Crippen LogP contribution in [-0.2, 0) is 4.79 Å². The molecule has 4 heteroatoms. The van der Waals surface area contributed by atoms with Crippen LogP contribution < -0.4 is 10.6 Å². The Hall–Kier alpha value is -1.16. The van der Waals surface area contributed by atoms with Gasteiger partial charge >= 0.3 is 0 Å². The summed E-state index contributed by atoms with van der Waals surface area (Å²) in [7, 11) is 1.64. The van der Waals surface area contributed by atoms with Crippen LogP contribution in [0.3, 0.4) is 0 Å². The summed E-state index contributed by atoms with van der Waals surface area (Å²) < 4.78 is 0. The molecule has 1 aliphatic rings. The first kappa shape index (κ1) is 14.8. The molecule has 0 bridgehead atoms. The van der Waals surface area contributed by atoms with Crippen LogP contribution >= 0.6 is 0 Å². The minimum atomic E-state index is 0.0620. The number of hydrogen-bond acceptors (Lipinski definition) is 3. The summed E-state index contributed by atoms with van der Waals surface area (Å²) in [5.74, 6) is 0.730. The number of nitrogens with one attached hydrogen (secondary N) is 2. The van der Waals surface area contributed by atoms with Gasteiger partial charge in [0.15, 0.2) is 0 Å². The summed E-state index contributed by atoms with van der Waals surface area (Å²) in [5, 5.41) is 5.97. The van der Waals surface area contributed by atoms with E-state index in [1.165, 1.54) is 0 Å². The number of rotatable bonds is 2. The second kappa shape index (κ2) is 9.09. The summed E-state index contributed by atoms with van der Waals surface area (Å²) in [5.41, 5.74) is 0. The lowest BCUT2D eigenvalue weighted by Gasteiger charge is -2.21. The van der Waals surface area contributed by atoms with Crippen molar-refractivity contribution in [2.45, 2.75) is 26.7 Å². The summed E-state index contributed by atoms with van der Waals surface area (Å²) >= 11 is 0. The Morgan fingerprint density at radius 3 is 2.44 bits per heavy atom. The zero-order chi connectivity index (χ0) is 12.4. The van der Waals surface area contributed by atoms with E-state index in [4.69, 9.17) is 0 Å². The molecular formula is C12H23N3O. The molecule has 2 N–H and O–H groups in total. The fraction of sp³-hybridized carbons (Fsp3) is 0.667. The van der Waals surface area contributed by atoms with Gasteiger partial charge in [0.1, 0.15) is 5.84 Å². The molecule has 1 fully saturated rings. The lowest BCUT2D eigenvalue weighted by Crippen LogP contribution is -2.40. The average Bonchev–Trinajstić information content (AvgIpc) is 2.39. The van der Waals surface area contributed by atoms with Crippen molar-refractivity contribution in [1.82, 2.24) is 10.6 Å². The van der Waals surface area contributed by atoms with Gasteiger partial charge in [0.05, 0.1) is 0 Å². The second-order valence-electron chi connectivity index (χ2n) is 3.33. The third-order valence-corrected chi connectivity index (χ3v) is 2.40. The van der Waals surface area contributed by atoms with Gasteiger partial charge in [-0.15, -0.1) is 0 Å². The normalized spacial score (nSPS) is 17.1. The largest absolute Gasteiger partial charge is 0.317 e. The lowest BCUT2D eigenvalue weighted by molar-refractivity contribution is -0.124. The van der Waals surface area contributed by atoms with Crippen LogP contribution in [-0.4, -0.2) is 31.9 Å². The number of hydrogen-bond donors (Lipinski definition) is 2. The van der Waals surface area contributed by atoms with Gasteiger partial charge in [0.2, 0.25) is 5.91 Å². The fourth-order valence-corrected chi connectivity index (χ4v) is 1.51. The van der Waals surface area contributed by atoms with E-state index in [1.807, 2.05) is 13.8 Å². The maximum atomic E-state index is 11.7. The molecule has 16 heavy (non-hydrogen) atoms. The van der Waals surface area contributed by atoms with Gasteiger partial charge in [-0.1, -0.05) is 20.4 Å². The Morgan fingerprint density at radius 2 is 2.00 bits per heavy atom. The molecule has 0 radical (unpaired) electrons. The van der Waals surface area contributed by atoms with Crippen LogP contribution in [0, 0.1) is 5.92 Å². The van der Waals surface area contributed by atoms with E-state index in [9.17, 15) is 4.79 Å². The molecule has 0 aromatic heterocycles. The predicted octanol–water partition coefficient (Wildman–Crippen LogP) is 1.34. The Bertz CT molecular complexity index is 243. The number of carbonyl (C=O) groups is 1. The summed E-state index contributed by atoms with van der Waals surface area (Å²) in [6.07, 6.45) is 3.36. The van der Waals surface area contributed by atoms with E-state index in [0.29, 0.717) is 5.84 Å². The van der Waals surface area contributed by atoms with Gasteiger partial charge in [-0.3, -0.25) is 9.79 Å². The lowest BCUT2D eigenvalue weighted by atomic mass is 9.97. The number of carbonyl (C=O) groups excluding carboxylic acids is 1. The smallest absolute Gasteiger partial charge is 0.228 e. The van der Waals surface area contributed by atoms with E-state index in [1.54, 1.807) is 13.1 Å². The van der Waals surface area contributed by atoms with Crippen LogP contribution in [0.1, 0.15) is 26.7 Å². The van der Waals surface area contributed by atoms with Crippen molar-refractivity contribution >= 4 is 11.7 Å². The molecule has 1 saturated heterocycles. The molecule has 0 saturated carbocycles. The fourth-order valence-electron chi connectivity index (χ4n) is 1.51. The predicted molar refractivity (Wildman–Crippen MR) is 68.6 cm³/mol. The molecule has 0 atom stereocenters. The van der Waals surface area contributed by atoms with Crippen LogP contribution in [0.4, 0.5) is 0 Å². The highest BCUT2D eigenvalue weighted by atomic mass is 16.1. The van der Waals surface area contributed by atoms with Crippen LogP contribution in [0.15, 0.2) is 17.6 Å². The molecule has 0 unspecified atom stereocenters. The zero-order valence-corrected chi connectivity index (χ0v) is 10.5. The van der Waals surface area contributed by atoms with Gasteiger partial charge in [0.25, 0.3) is 0 Å². The van der Waals surface area contributed by atoms with E-state index in [-0.39, 0.29) is 11.8 Å². The van der Waals surface area contributed by atoms with Gasteiger partial charge in [-0.2, -0.15) is 0 Å². The first-order chi connectivity index (χ1) is 7.77. The van der Waals surface area contributed by atoms with Crippen molar-refractivity contribution < 1.29 is 4.79 Å². The molecule has 0 spiro atoms. The van der Waals surface area contributed by atoms with Crippen LogP contribution in [0.25, 0.3) is 0 Å². The number of nitrogens with zero attached hydrogens (tertiary/aromatic N) is 1. The van der Waals surface area contributed by atoms with E-state index < -0.39 is 0 Å². The molecule has 4 nitrogen and oxygen atoms in total. The Balaban J connectivity index is 0.00000106. The average molecular weight is 225 g/mol. The van der Waals surface area contributed by atoms with E-state index in [2.05, 4.69) is 22.2 Å². The van der Waals surface area contributed by atoms with Gasteiger partial charge < -0.3 is 10.6 Å². The summed E-state index contributed by atoms with van der Waals surface area (Å²) in [6, 6.07) is 0. The quantitative estimate of drug-likeness (QED) is 0.550.